The van der Waals surface area contributed by atoms with Crippen LogP contribution in [0.25, 0.3) is 0 Å². The molecule has 7 heteroatoms. The third kappa shape index (κ3) is 2.33. The Hall–Kier alpha value is -1.95. The summed E-state index contributed by atoms with van der Waals surface area (Å²) in [4.78, 5) is 0. The number of rotatable bonds is 3. The minimum atomic E-state index is -0.648. The van der Waals surface area contributed by atoms with E-state index in [-0.39, 0.29) is 22.1 Å². The number of aryl methyl sites for hydroxylation is 1. The van der Waals surface area contributed by atoms with E-state index in [1.165, 1.54) is 6.07 Å². The second-order valence-corrected chi connectivity index (χ2v) is 4.27. The van der Waals surface area contributed by atoms with Gasteiger partial charge in [-0.1, -0.05) is 11.6 Å². The van der Waals surface area contributed by atoms with E-state index in [1.54, 1.807) is 17.9 Å². The van der Waals surface area contributed by atoms with Gasteiger partial charge in [-0.15, -0.1) is 0 Å². The van der Waals surface area contributed by atoms with Gasteiger partial charge in [0.1, 0.15) is 5.02 Å². The van der Waals surface area contributed by atoms with Crippen LogP contribution in [0.3, 0.4) is 0 Å². The lowest BCUT2D eigenvalue weighted by molar-refractivity contribution is 0.631. The summed E-state index contributed by atoms with van der Waals surface area (Å²) in [6.45, 7) is 0.349. The number of hydrogen-bond donors (Lipinski definition) is 3. The van der Waals surface area contributed by atoms with Crippen molar-refractivity contribution >= 4 is 28.7 Å². The SMILES string of the molecule is Cn1ccc(CNc2c(N)cc(N)c(Cl)c2F)n1. The maximum absolute atomic E-state index is 13.9. The van der Waals surface area contributed by atoms with E-state index in [9.17, 15) is 4.39 Å². The van der Waals surface area contributed by atoms with E-state index < -0.39 is 5.82 Å². The van der Waals surface area contributed by atoms with Crippen LogP contribution in [0, 0.1) is 5.82 Å². The maximum atomic E-state index is 13.9. The lowest BCUT2D eigenvalue weighted by Gasteiger charge is -2.12. The summed E-state index contributed by atoms with van der Waals surface area (Å²) >= 11 is 5.73. The Kier molecular flexibility index (Phi) is 3.29. The van der Waals surface area contributed by atoms with Crippen molar-refractivity contribution in [3.63, 3.8) is 0 Å². The number of halogens is 2. The van der Waals surface area contributed by atoms with Gasteiger partial charge < -0.3 is 16.8 Å². The first-order chi connectivity index (χ1) is 8.49. The first-order valence-electron chi connectivity index (χ1n) is 5.24. The van der Waals surface area contributed by atoms with Crippen LogP contribution >= 0.6 is 11.6 Å². The Morgan fingerprint density at radius 1 is 1.44 bits per heavy atom. The smallest absolute Gasteiger partial charge is 0.169 e. The number of nitrogens with one attached hydrogen (secondary N) is 1. The summed E-state index contributed by atoms with van der Waals surface area (Å²) in [5.74, 6) is -0.648. The van der Waals surface area contributed by atoms with Crippen molar-refractivity contribution in [3.8, 4) is 0 Å². The molecule has 2 rings (SSSR count). The minimum absolute atomic E-state index is 0.120. The molecule has 0 atom stereocenters. The van der Waals surface area contributed by atoms with Gasteiger partial charge in [-0.3, -0.25) is 4.68 Å². The summed E-state index contributed by atoms with van der Waals surface area (Å²) in [5.41, 5.74) is 12.4. The van der Waals surface area contributed by atoms with Gasteiger partial charge in [-0.25, -0.2) is 4.39 Å². The molecule has 0 aliphatic heterocycles. The summed E-state index contributed by atoms with van der Waals surface area (Å²) in [6.07, 6.45) is 1.80. The van der Waals surface area contributed by atoms with Crippen molar-refractivity contribution in [2.24, 2.45) is 7.05 Å². The zero-order chi connectivity index (χ0) is 13.3. The quantitative estimate of drug-likeness (QED) is 0.744. The first-order valence-corrected chi connectivity index (χ1v) is 5.62. The van der Waals surface area contributed by atoms with Crippen molar-refractivity contribution in [2.75, 3.05) is 16.8 Å². The molecule has 0 unspecified atom stereocenters. The highest BCUT2D eigenvalue weighted by Crippen LogP contribution is 2.33. The fourth-order valence-corrected chi connectivity index (χ4v) is 1.73. The molecule has 0 saturated carbocycles. The molecule has 0 radical (unpaired) electrons. The summed E-state index contributed by atoms with van der Waals surface area (Å²) in [7, 11) is 1.80. The Balaban J connectivity index is 2.22. The molecule has 5 nitrogen and oxygen atoms in total. The molecule has 0 spiro atoms. The number of nitrogens with two attached hydrogens (primary N) is 2. The zero-order valence-electron chi connectivity index (χ0n) is 9.74. The molecule has 0 aliphatic rings. The van der Waals surface area contributed by atoms with Crippen molar-refractivity contribution < 1.29 is 4.39 Å². The molecule has 0 saturated heterocycles. The minimum Gasteiger partial charge on any atom is -0.397 e. The van der Waals surface area contributed by atoms with E-state index in [2.05, 4.69) is 10.4 Å². The Morgan fingerprint density at radius 2 is 2.17 bits per heavy atom. The Bertz CT molecular complexity index is 581. The van der Waals surface area contributed by atoms with Crippen molar-refractivity contribution in [3.05, 3.63) is 34.9 Å². The third-order valence-electron chi connectivity index (χ3n) is 2.48. The Labute approximate surface area is 109 Å². The van der Waals surface area contributed by atoms with Crippen LogP contribution in [0.5, 0.6) is 0 Å². The highest BCUT2D eigenvalue weighted by Gasteiger charge is 2.14. The summed E-state index contributed by atoms with van der Waals surface area (Å²) in [5, 5.41) is 6.89. The highest BCUT2D eigenvalue weighted by molar-refractivity contribution is 6.33. The predicted molar refractivity (Wildman–Crippen MR) is 70.8 cm³/mol. The molecule has 0 aliphatic carbocycles. The molecule has 1 heterocycles. The van der Waals surface area contributed by atoms with Gasteiger partial charge in [-0.2, -0.15) is 5.10 Å². The highest BCUT2D eigenvalue weighted by atomic mass is 35.5. The monoisotopic (exact) mass is 269 g/mol. The van der Waals surface area contributed by atoms with Gasteiger partial charge in [0.05, 0.1) is 29.3 Å². The largest absolute Gasteiger partial charge is 0.397 e. The molecule has 1 aromatic carbocycles. The van der Waals surface area contributed by atoms with Crippen molar-refractivity contribution in [2.45, 2.75) is 6.54 Å². The molecule has 1 aromatic heterocycles. The lowest BCUT2D eigenvalue weighted by atomic mass is 10.2. The van der Waals surface area contributed by atoms with Gasteiger partial charge in [0.2, 0.25) is 0 Å². The first kappa shape index (κ1) is 12.5. The molecule has 18 heavy (non-hydrogen) atoms. The van der Waals surface area contributed by atoms with Gasteiger partial charge in [0.25, 0.3) is 0 Å². The normalized spacial score (nSPS) is 10.6. The molecule has 0 fully saturated rings. The fraction of sp³-hybridized carbons (Fsp3) is 0.182. The fourth-order valence-electron chi connectivity index (χ4n) is 1.58. The van der Waals surface area contributed by atoms with Crippen LogP contribution in [0.4, 0.5) is 21.5 Å². The van der Waals surface area contributed by atoms with Crippen LogP contribution < -0.4 is 16.8 Å². The topological polar surface area (TPSA) is 81.9 Å². The van der Waals surface area contributed by atoms with E-state index in [1.807, 2.05) is 6.07 Å². The molecular weight excluding hydrogens is 257 g/mol. The Morgan fingerprint density at radius 3 is 2.78 bits per heavy atom. The standard InChI is InChI=1S/C11H13ClFN5/c1-18-3-2-6(17-18)5-16-11-8(15)4-7(14)9(12)10(11)13/h2-4,16H,5,14-15H2,1H3. The van der Waals surface area contributed by atoms with Crippen molar-refractivity contribution in [1.29, 1.82) is 0 Å². The second kappa shape index (κ2) is 4.73. The van der Waals surface area contributed by atoms with E-state index in [0.29, 0.717) is 6.54 Å². The maximum Gasteiger partial charge on any atom is 0.169 e. The average molecular weight is 270 g/mol. The van der Waals surface area contributed by atoms with Crippen LogP contribution in [-0.2, 0) is 13.6 Å². The van der Waals surface area contributed by atoms with Crippen molar-refractivity contribution in [1.82, 2.24) is 9.78 Å². The molecular formula is C11H13ClFN5. The number of anilines is 3. The van der Waals surface area contributed by atoms with Gasteiger partial charge in [0.15, 0.2) is 5.82 Å². The summed E-state index contributed by atoms with van der Waals surface area (Å²) < 4.78 is 15.5. The average Bonchev–Trinajstić information content (AvgIpc) is 2.72. The molecule has 0 amide bonds. The number of benzene rings is 1. The summed E-state index contributed by atoms with van der Waals surface area (Å²) in [6, 6.07) is 3.24. The lowest BCUT2D eigenvalue weighted by Crippen LogP contribution is -2.07. The van der Waals surface area contributed by atoms with Crippen LogP contribution in [0.15, 0.2) is 18.3 Å². The number of nitrogens with zero attached hydrogens (tertiary/aromatic N) is 2. The van der Waals surface area contributed by atoms with Gasteiger partial charge in [0, 0.05) is 13.2 Å². The van der Waals surface area contributed by atoms with E-state index >= 15 is 0 Å². The van der Waals surface area contributed by atoms with E-state index in [4.69, 9.17) is 23.1 Å². The van der Waals surface area contributed by atoms with Crippen LogP contribution in [0.1, 0.15) is 5.69 Å². The van der Waals surface area contributed by atoms with Crippen LogP contribution in [0.2, 0.25) is 5.02 Å². The zero-order valence-corrected chi connectivity index (χ0v) is 10.5. The van der Waals surface area contributed by atoms with Gasteiger partial charge in [-0.05, 0) is 12.1 Å². The molecule has 5 N–H and O–H groups in total. The molecule has 96 valence electrons. The second-order valence-electron chi connectivity index (χ2n) is 3.89. The number of aromatic nitrogens is 2. The molecule has 2 aromatic rings. The number of hydrogen-bond acceptors (Lipinski definition) is 4. The predicted octanol–water partition coefficient (Wildman–Crippen LogP) is 1.99. The number of nitrogen functional groups attached to an aromatic ring is 2. The van der Waals surface area contributed by atoms with Gasteiger partial charge >= 0.3 is 0 Å². The molecule has 0 bridgehead atoms. The third-order valence-corrected chi connectivity index (χ3v) is 2.86. The van der Waals surface area contributed by atoms with E-state index in [0.717, 1.165) is 5.69 Å². The van der Waals surface area contributed by atoms with Crippen LogP contribution in [-0.4, -0.2) is 9.78 Å².